The molecule has 21 heavy (non-hydrogen) atoms. The molecule has 0 spiro atoms. The van der Waals surface area contributed by atoms with E-state index in [2.05, 4.69) is 5.32 Å². The molecule has 4 nitrogen and oxygen atoms in total. The maximum atomic E-state index is 12.3. The van der Waals surface area contributed by atoms with Crippen LogP contribution in [-0.2, 0) is 11.2 Å². The molecule has 0 saturated heterocycles. The summed E-state index contributed by atoms with van der Waals surface area (Å²) in [6.45, 7) is 2.04. The molecule has 0 aliphatic heterocycles. The van der Waals surface area contributed by atoms with Gasteiger partial charge >= 0.3 is 0 Å². The fraction of sp³-hybridized carbons (Fsp3) is 0.588. The largest absolute Gasteiger partial charge is 0.496 e. The van der Waals surface area contributed by atoms with Gasteiger partial charge in [0.2, 0.25) is 5.91 Å². The minimum Gasteiger partial charge on any atom is -0.496 e. The van der Waals surface area contributed by atoms with Crippen LogP contribution in [0.15, 0.2) is 24.3 Å². The van der Waals surface area contributed by atoms with Crippen LogP contribution in [0.25, 0.3) is 0 Å². The minimum absolute atomic E-state index is 0.101. The smallest absolute Gasteiger partial charge is 0.223 e. The van der Waals surface area contributed by atoms with Crippen molar-refractivity contribution in [3.05, 3.63) is 29.8 Å². The summed E-state index contributed by atoms with van der Waals surface area (Å²) in [5.41, 5.74) is 7.01. The highest BCUT2D eigenvalue weighted by Crippen LogP contribution is 2.24. The SMILES string of the molecule is COc1ccccc1CC(C)NC(=O)C1CCC(N)CC1. The Kier molecular flexibility index (Phi) is 5.62. The molecule has 1 aromatic carbocycles. The molecule has 4 heteroatoms. The van der Waals surface area contributed by atoms with Crippen molar-refractivity contribution < 1.29 is 9.53 Å². The van der Waals surface area contributed by atoms with Crippen LogP contribution in [0, 0.1) is 5.92 Å². The van der Waals surface area contributed by atoms with E-state index in [-0.39, 0.29) is 23.9 Å². The zero-order chi connectivity index (χ0) is 15.2. The molecular weight excluding hydrogens is 264 g/mol. The Morgan fingerprint density at radius 3 is 2.67 bits per heavy atom. The summed E-state index contributed by atoms with van der Waals surface area (Å²) in [5, 5.41) is 3.13. The van der Waals surface area contributed by atoms with Gasteiger partial charge in [-0.15, -0.1) is 0 Å². The number of carbonyl (C=O) groups is 1. The van der Waals surface area contributed by atoms with Gasteiger partial charge in [-0.3, -0.25) is 4.79 Å². The Labute approximate surface area is 127 Å². The lowest BCUT2D eigenvalue weighted by molar-refractivity contribution is -0.126. The number of amides is 1. The third kappa shape index (κ3) is 4.46. The van der Waals surface area contributed by atoms with Crippen molar-refractivity contribution in [2.24, 2.45) is 11.7 Å². The number of ether oxygens (including phenoxy) is 1. The van der Waals surface area contributed by atoms with Crippen molar-refractivity contribution in [1.82, 2.24) is 5.32 Å². The molecule has 0 aromatic heterocycles. The molecule has 3 N–H and O–H groups in total. The van der Waals surface area contributed by atoms with Crippen molar-refractivity contribution in [3.63, 3.8) is 0 Å². The van der Waals surface area contributed by atoms with Crippen molar-refractivity contribution >= 4 is 5.91 Å². The quantitative estimate of drug-likeness (QED) is 0.874. The molecule has 1 saturated carbocycles. The monoisotopic (exact) mass is 290 g/mol. The van der Waals surface area contributed by atoms with Gasteiger partial charge in [0.1, 0.15) is 5.75 Å². The maximum absolute atomic E-state index is 12.3. The van der Waals surface area contributed by atoms with E-state index < -0.39 is 0 Å². The van der Waals surface area contributed by atoms with Crippen molar-refractivity contribution in [1.29, 1.82) is 0 Å². The molecule has 0 bridgehead atoms. The number of carbonyl (C=O) groups excluding carboxylic acids is 1. The second-order valence-corrected chi connectivity index (χ2v) is 6.04. The third-order valence-electron chi connectivity index (χ3n) is 4.25. The predicted octanol–water partition coefficient (Wildman–Crippen LogP) is 2.26. The number of nitrogens with one attached hydrogen (secondary N) is 1. The highest BCUT2D eigenvalue weighted by molar-refractivity contribution is 5.79. The van der Waals surface area contributed by atoms with Crippen LogP contribution < -0.4 is 15.8 Å². The second kappa shape index (κ2) is 7.46. The molecule has 0 radical (unpaired) electrons. The fourth-order valence-electron chi connectivity index (χ4n) is 2.99. The van der Waals surface area contributed by atoms with E-state index in [1.165, 1.54) is 0 Å². The zero-order valence-corrected chi connectivity index (χ0v) is 13.0. The van der Waals surface area contributed by atoms with Crippen LogP contribution in [0.5, 0.6) is 5.75 Å². The molecular formula is C17H26N2O2. The average Bonchev–Trinajstić information content (AvgIpc) is 2.48. The highest BCUT2D eigenvalue weighted by Gasteiger charge is 2.25. The van der Waals surface area contributed by atoms with Gasteiger partial charge in [0.15, 0.2) is 0 Å². The van der Waals surface area contributed by atoms with Crippen molar-refractivity contribution in [2.75, 3.05) is 7.11 Å². The van der Waals surface area contributed by atoms with Gasteiger partial charge in [-0.05, 0) is 50.7 Å². The van der Waals surface area contributed by atoms with E-state index in [1.54, 1.807) is 7.11 Å². The van der Waals surface area contributed by atoms with Gasteiger partial charge in [-0.1, -0.05) is 18.2 Å². The van der Waals surface area contributed by atoms with Gasteiger partial charge in [0.25, 0.3) is 0 Å². The lowest BCUT2D eigenvalue weighted by atomic mass is 9.85. The predicted molar refractivity (Wildman–Crippen MR) is 84.2 cm³/mol. The Hall–Kier alpha value is -1.55. The standard InChI is InChI=1S/C17H26N2O2/c1-12(11-14-5-3-4-6-16(14)21-2)19-17(20)13-7-9-15(18)10-8-13/h3-6,12-13,15H,7-11,18H2,1-2H3,(H,19,20). The summed E-state index contributed by atoms with van der Waals surface area (Å²) in [6, 6.07) is 8.32. The number of methoxy groups -OCH3 is 1. The van der Waals surface area contributed by atoms with Gasteiger partial charge in [0.05, 0.1) is 7.11 Å². The second-order valence-electron chi connectivity index (χ2n) is 6.04. The lowest BCUT2D eigenvalue weighted by Crippen LogP contribution is -2.41. The van der Waals surface area contributed by atoms with E-state index in [4.69, 9.17) is 10.5 Å². The van der Waals surface area contributed by atoms with Gasteiger partial charge in [-0.2, -0.15) is 0 Å². The Morgan fingerprint density at radius 2 is 2.00 bits per heavy atom. The van der Waals surface area contributed by atoms with Crippen LogP contribution in [0.1, 0.15) is 38.2 Å². The van der Waals surface area contributed by atoms with Crippen LogP contribution >= 0.6 is 0 Å². The van der Waals surface area contributed by atoms with Crippen molar-refractivity contribution in [2.45, 2.75) is 51.1 Å². The number of nitrogens with two attached hydrogens (primary N) is 1. The first kappa shape index (κ1) is 15.8. The third-order valence-corrected chi connectivity index (χ3v) is 4.25. The van der Waals surface area contributed by atoms with Crippen LogP contribution in [-0.4, -0.2) is 25.1 Å². The summed E-state index contributed by atoms with van der Waals surface area (Å²) >= 11 is 0. The summed E-state index contributed by atoms with van der Waals surface area (Å²) in [5.74, 6) is 1.18. The van der Waals surface area contributed by atoms with E-state index >= 15 is 0 Å². The molecule has 1 unspecified atom stereocenters. The minimum atomic E-state index is 0.101. The number of hydrogen-bond acceptors (Lipinski definition) is 3. The first-order chi connectivity index (χ1) is 10.1. The molecule has 116 valence electrons. The summed E-state index contributed by atoms with van der Waals surface area (Å²) in [6.07, 6.45) is 4.52. The molecule has 1 fully saturated rings. The number of benzene rings is 1. The van der Waals surface area contributed by atoms with Gasteiger partial charge < -0.3 is 15.8 Å². The van der Waals surface area contributed by atoms with E-state index in [0.717, 1.165) is 43.4 Å². The van der Waals surface area contributed by atoms with E-state index in [0.29, 0.717) is 0 Å². The maximum Gasteiger partial charge on any atom is 0.223 e. The number of hydrogen-bond donors (Lipinski definition) is 2. The molecule has 1 aliphatic rings. The van der Waals surface area contributed by atoms with Crippen molar-refractivity contribution in [3.8, 4) is 5.75 Å². The van der Waals surface area contributed by atoms with E-state index in [1.807, 2.05) is 31.2 Å². The first-order valence-corrected chi connectivity index (χ1v) is 7.78. The van der Waals surface area contributed by atoms with Gasteiger partial charge in [-0.25, -0.2) is 0 Å². The molecule has 0 heterocycles. The van der Waals surface area contributed by atoms with Crippen LogP contribution in [0.4, 0.5) is 0 Å². The topological polar surface area (TPSA) is 64.3 Å². The number of para-hydroxylation sites is 1. The number of rotatable bonds is 5. The molecule has 2 rings (SSSR count). The fourth-order valence-corrected chi connectivity index (χ4v) is 2.99. The average molecular weight is 290 g/mol. The van der Waals surface area contributed by atoms with Crippen LogP contribution in [0.3, 0.4) is 0 Å². The first-order valence-electron chi connectivity index (χ1n) is 7.78. The zero-order valence-electron chi connectivity index (χ0n) is 13.0. The Bertz CT molecular complexity index is 468. The Morgan fingerprint density at radius 1 is 1.33 bits per heavy atom. The molecule has 1 amide bonds. The summed E-state index contributed by atoms with van der Waals surface area (Å²) in [4.78, 5) is 12.3. The summed E-state index contributed by atoms with van der Waals surface area (Å²) in [7, 11) is 1.67. The normalized spacial score (nSPS) is 23.4. The lowest BCUT2D eigenvalue weighted by Gasteiger charge is -2.26. The molecule has 1 atom stereocenters. The van der Waals surface area contributed by atoms with Gasteiger partial charge in [0, 0.05) is 18.0 Å². The van der Waals surface area contributed by atoms with E-state index in [9.17, 15) is 4.79 Å². The Balaban J connectivity index is 1.86. The van der Waals surface area contributed by atoms with Crippen LogP contribution in [0.2, 0.25) is 0 Å². The molecule has 1 aromatic rings. The highest BCUT2D eigenvalue weighted by atomic mass is 16.5. The molecule has 1 aliphatic carbocycles. The summed E-state index contributed by atoms with van der Waals surface area (Å²) < 4.78 is 5.35.